The Kier molecular flexibility index (Phi) is 9.09. The summed E-state index contributed by atoms with van der Waals surface area (Å²) in [4.78, 5) is 44.9. The van der Waals surface area contributed by atoms with Gasteiger partial charge >= 0.3 is 5.97 Å². The van der Waals surface area contributed by atoms with E-state index < -0.39 is 28.6 Å². The second-order valence-electron chi connectivity index (χ2n) is 9.61. The number of nitrogens with zero attached hydrogens (tertiary/aromatic N) is 2. The quantitative estimate of drug-likeness (QED) is 0.165. The molecule has 3 unspecified atom stereocenters. The zero-order valence-electron chi connectivity index (χ0n) is 20.6. The third kappa shape index (κ3) is 5.12. The fourth-order valence-corrected chi connectivity index (χ4v) is 9.67. The molecule has 3 aliphatic heterocycles. The predicted molar refractivity (Wildman–Crippen MR) is 150 cm³/mol. The molecule has 1 N–H and O–H groups in total. The standard InChI is InChI=1S/C27H32BrClN2O5S/c1-3-12-30(18-10-8-17(29)9-11-18)25(34)23-27-16-19(28)22(37-27)20(26(35)36-15-4-2)21(27)24(33)31(23)13-6-5-7-14-32/h3-4,8-11,19-23,32H,1-2,5-7,12-16H2/t19?,20-,21+,22-,23?,27?/m1/s1. The van der Waals surface area contributed by atoms with Gasteiger partial charge < -0.3 is 19.6 Å². The molecule has 1 aromatic rings. The van der Waals surface area contributed by atoms with E-state index in [0.717, 1.165) is 6.42 Å². The lowest BCUT2D eigenvalue weighted by Crippen LogP contribution is -2.55. The molecular formula is C27H32BrClN2O5S. The van der Waals surface area contributed by atoms with Crippen molar-refractivity contribution in [3.63, 3.8) is 0 Å². The van der Waals surface area contributed by atoms with Gasteiger partial charge in [0.15, 0.2) is 0 Å². The molecule has 0 aliphatic carbocycles. The lowest BCUT2D eigenvalue weighted by atomic mass is 9.71. The zero-order valence-corrected chi connectivity index (χ0v) is 23.7. The van der Waals surface area contributed by atoms with Crippen molar-refractivity contribution in [3.8, 4) is 0 Å². The van der Waals surface area contributed by atoms with Crippen molar-refractivity contribution in [2.24, 2.45) is 11.8 Å². The topological polar surface area (TPSA) is 87.2 Å². The Morgan fingerprint density at radius 2 is 1.97 bits per heavy atom. The van der Waals surface area contributed by atoms with Gasteiger partial charge in [0.05, 0.1) is 16.6 Å². The maximum Gasteiger partial charge on any atom is 0.311 e. The molecule has 7 nitrogen and oxygen atoms in total. The van der Waals surface area contributed by atoms with Gasteiger partial charge in [-0.25, -0.2) is 0 Å². The van der Waals surface area contributed by atoms with Crippen LogP contribution in [0.3, 0.4) is 0 Å². The molecular weight excluding hydrogens is 580 g/mol. The Morgan fingerprint density at radius 3 is 2.62 bits per heavy atom. The molecule has 1 aromatic carbocycles. The van der Waals surface area contributed by atoms with Crippen LogP contribution >= 0.6 is 39.3 Å². The number of rotatable bonds is 12. The number of ether oxygens (including phenoxy) is 1. The highest BCUT2D eigenvalue weighted by Gasteiger charge is 2.76. The number of aliphatic hydroxyl groups excluding tert-OH is 1. The zero-order chi connectivity index (χ0) is 26.7. The van der Waals surface area contributed by atoms with Gasteiger partial charge in [-0.15, -0.1) is 18.3 Å². The summed E-state index contributed by atoms with van der Waals surface area (Å²) in [5.74, 6) is -2.08. The summed E-state index contributed by atoms with van der Waals surface area (Å²) in [6.45, 7) is 8.25. The van der Waals surface area contributed by atoms with Crippen LogP contribution in [0.15, 0.2) is 49.6 Å². The van der Waals surface area contributed by atoms with Gasteiger partial charge in [-0.05, 0) is 49.9 Å². The van der Waals surface area contributed by atoms with Crippen molar-refractivity contribution < 1.29 is 24.2 Å². The molecule has 2 amide bonds. The fourth-order valence-electron chi connectivity index (χ4n) is 5.95. The first-order valence-corrected chi connectivity index (χ1v) is 14.7. The smallest absolute Gasteiger partial charge is 0.311 e. The molecule has 0 aromatic heterocycles. The SMILES string of the molecule is C=CCOC(=O)[C@H]1[C@@H]2SC3(CC2Br)C(C(=O)N(CC=C)c2ccc(Cl)cc2)N(CCCCCO)C(=O)[C@H]13. The average Bonchev–Trinajstić information content (AvgIpc) is 3.47. The van der Waals surface area contributed by atoms with Crippen LogP contribution in [0.5, 0.6) is 0 Å². The number of halogens is 2. The minimum atomic E-state index is -0.756. The van der Waals surface area contributed by atoms with Crippen LogP contribution in [0.4, 0.5) is 5.69 Å². The molecule has 3 fully saturated rings. The van der Waals surface area contributed by atoms with Gasteiger partial charge in [0, 0.05) is 40.5 Å². The normalized spacial score (nSPS) is 29.8. The van der Waals surface area contributed by atoms with Crippen molar-refractivity contribution >= 4 is 62.8 Å². The number of carbonyl (C=O) groups is 3. The summed E-state index contributed by atoms with van der Waals surface area (Å²) in [5, 5.41) is 9.61. The second-order valence-corrected chi connectivity index (χ2v) is 12.8. The minimum absolute atomic E-state index is 0.0316. The Balaban J connectivity index is 1.74. The number of anilines is 1. The van der Waals surface area contributed by atoms with Crippen molar-refractivity contribution in [3.05, 3.63) is 54.6 Å². The molecule has 2 bridgehead atoms. The van der Waals surface area contributed by atoms with Crippen molar-refractivity contribution in [1.29, 1.82) is 0 Å². The first-order valence-electron chi connectivity index (χ1n) is 12.5. The highest BCUT2D eigenvalue weighted by atomic mass is 79.9. The molecule has 0 radical (unpaired) electrons. The van der Waals surface area contributed by atoms with E-state index in [1.54, 1.807) is 51.9 Å². The molecule has 3 heterocycles. The number of hydrogen-bond acceptors (Lipinski definition) is 6. The number of thioether (sulfide) groups is 1. The summed E-state index contributed by atoms with van der Waals surface area (Å²) < 4.78 is 4.67. The van der Waals surface area contributed by atoms with Crippen molar-refractivity contribution in [2.75, 3.05) is 31.2 Å². The van der Waals surface area contributed by atoms with E-state index in [1.165, 1.54) is 6.08 Å². The molecule has 4 rings (SSSR count). The molecule has 37 heavy (non-hydrogen) atoms. The number of amides is 2. The van der Waals surface area contributed by atoms with Crippen LogP contribution in [0.2, 0.25) is 5.02 Å². The second kappa shape index (κ2) is 11.9. The van der Waals surface area contributed by atoms with E-state index in [-0.39, 0.29) is 41.6 Å². The maximum absolute atomic E-state index is 14.4. The number of alkyl halides is 1. The Bertz CT molecular complexity index is 1060. The van der Waals surface area contributed by atoms with E-state index in [1.807, 2.05) is 0 Å². The monoisotopic (exact) mass is 610 g/mol. The fraction of sp³-hybridized carbons (Fsp3) is 0.519. The number of likely N-dealkylation sites (tertiary alicyclic amines) is 1. The highest BCUT2D eigenvalue weighted by molar-refractivity contribution is 9.09. The summed E-state index contributed by atoms with van der Waals surface area (Å²) >= 11 is 11.4. The molecule has 6 atom stereocenters. The minimum Gasteiger partial charge on any atom is -0.461 e. The average molecular weight is 612 g/mol. The first-order chi connectivity index (χ1) is 17.8. The first kappa shape index (κ1) is 28.2. The van der Waals surface area contributed by atoms with Crippen molar-refractivity contribution in [2.45, 2.75) is 46.5 Å². The molecule has 0 saturated carbocycles. The number of unbranched alkanes of at least 4 members (excludes halogenated alkanes) is 2. The summed E-state index contributed by atoms with van der Waals surface area (Å²) in [5.41, 5.74) is 0.664. The third-order valence-electron chi connectivity index (χ3n) is 7.41. The summed E-state index contributed by atoms with van der Waals surface area (Å²) in [6, 6.07) is 6.27. The predicted octanol–water partition coefficient (Wildman–Crippen LogP) is 4.22. The third-order valence-corrected chi connectivity index (χ3v) is 10.9. The maximum atomic E-state index is 14.4. The molecule has 3 saturated heterocycles. The number of hydrogen-bond donors (Lipinski definition) is 1. The van der Waals surface area contributed by atoms with Gasteiger partial charge in [0.25, 0.3) is 5.91 Å². The Labute approximate surface area is 235 Å². The van der Waals surface area contributed by atoms with Crippen LogP contribution in [-0.4, -0.2) is 75.0 Å². The van der Waals surface area contributed by atoms with Gasteiger partial charge in [0.2, 0.25) is 5.91 Å². The molecule has 200 valence electrons. The highest BCUT2D eigenvalue weighted by Crippen LogP contribution is 2.68. The van der Waals surface area contributed by atoms with E-state index >= 15 is 0 Å². The van der Waals surface area contributed by atoms with E-state index in [0.29, 0.717) is 36.5 Å². The van der Waals surface area contributed by atoms with Gasteiger partial charge in [-0.3, -0.25) is 14.4 Å². The summed E-state index contributed by atoms with van der Waals surface area (Å²) in [7, 11) is 0. The largest absolute Gasteiger partial charge is 0.461 e. The van der Waals surface area contributed by atoms with E-state index in [2.05, 4.69) is 29.1 Å². The van der Waals surface area contributed by atoms with Gasteiger partial charge in [-0.1, -0.05) is 46.3 Å². The number of esters is 1. The van der Waals surface area contributed by atoms with Crippen LogP contribution in [0, 0.1) is 11.8 Å². The van der Waals surface area contributed by atoms with Crippen LogP contribution in [0.25, 0.3) is 0 Å². The van der Waals surface area contributed by atoms with Crippen LogP contribution in [0.1, 0.15) is 25.7 Å². The van der Waals surface area contributed by atoms with Gasteiger partial charge in [0.1, 0.15) is 12.6 Å². The summed E-state index contributed by atoms with van der Waals surface area (Å²) in [6.07, 6.45) is 5.77. The Morgan fingerprint density at radius 1 is 1.24 bits per heavy atom. The van der Waals surface area contributed by atoms with Gasteiger partial charge in [-0.2, -0.15) is 0 Å². The molecule has 10 heteroatoms. The number of aliphatic hydroxyl groups is 1. The lowest BCUT2D eigenvalue weighted by Gasteiger charge is -2.37. The molecule has 3 aliphatic rings. The Hall–Kier alpha value is -1.81. The van der Waals surface area contributed by atoms with E-state index in [4.69, 9.17) is 16.3 Å². The van der Waals surface area contributed by atoms with Crippen molar-refractivity contribution in [1.82, 2.24) is 4.90 Å². The number of carbonyl (C=O) groups excluding carboxylic acids is 3. The lowest BCUT2D eigenvalue weighted by molar-refractivity contribution is -0.153. The van der Waals surface area contributed by atoms with Crippen LogP contribution < -0.4 is 4.90 Å². The van der Waals surface area contributed by atoms with E-state index in [9.17, 15) is 19.5 Å². The number of fused-ring (bicyclic) bond motifs is 1. The van der Waals surface area contributed by atoms with Crippen LogP contribution in [-0.2, 0) is 19.1 Å². The molecule has 1 spiro atoms. The number of benzene rings is 1.